The molecule has 0 bridgehead atoms. The maximum absolute atomic E-state index is 11.4. The highest BCUT2D eigenvalue weighted by molar-refractivity contribution is 9.11. The Kier molecular flexibility index (Phi) is 5.26. The maximum atomic E-state index is 11.4. The maximum Gasteiger partial charge on any atom is 0.311 e. The van der Waals surface area contributed by atoms with Gasteiger partial charge in [-0.25, -0.2) is 0 Å². The second-order valence-electron chi connectivity index (χ2n) is 3.73. The fraction of sp³-hybridized carbons (Fsp3) is 0.308. The van der Waals surface area contributed by atoms with Crippen LogP contribution in [0.4, 0.5) is 0 Å². The van der Waals surface area contributed by atoms with Crippen LogP contribution in [0.2, 0.25) is 0 Å². The van der Waals surface area contributed by atoms with Crippen LogP contribution in [0.15, 0.2) is 40.4 Å². The van der Waals surface area contributed by atoms with Gasteiger partial charge in [0.2, 0.25) is 0 Å². The lowest BCUT2D eigenvalue weighted by Gasteiger charge is -2.05. The molecular formula is C13H15BrO2. The minimum absolute atomic E-state index is 0.211. The minimum Gasteiger partial charge on any atom is -0.461 e. The fourth-order valence-electron chi connectivity index (χ4n) is 1.09. The van der Waals surface area contributed by atoms with Crippen LogP contribution in [0.25, 0.3) is 0 Å². The molecule has 1 aromatic carbocycles. The number of carbonyl (C=O) groups excluding carboxylic acids is 1. The smallest absolute Gasteiger partial charge is 0.311 e. The van der Waals surface area contributed by atoms with E-state index in [0.29, 0.717) is 13.0 Å². The molecule has 0 N–H and O–H groups in total. The molecule has 0 aliphatic carbocycles. The predicted octanol–water partition coefficient (Wildman–Crippen LogP) is 3.81. The lowest BCUT2D eigenvalue weighted by atomic mass is 10.2. The number of esters is 1. The third kappa shape index (κ3) is 4.62. The third-order valence-electron chi connectivity index (χ3n) is 2.08. The lowest BCUT2D eigenvalue weighted by molar-refractivity contribution is -0.143. The number of hydrogen-bond acceptors (Lipinski definition) is 2. The molecule has 2 nitrogen and oxygen atoms in total. The zero-order chi connectivity index (χ0) is 12.0. The molecule has 0 saturated heterocycles. The van der Waals surface area contributed by atoms with Crippen LogP contribution in [0.5, 0.6) is 0 Å². The summed E-state index contributed by atoms with van der Waals surface area (Å²) >= 11 is 3.35. The van der Waals surface area contributed by atoms with Crippen LogP contribution in [0.3, 0.4) is 0 Å². The summed E-state index contributed by atoms with van der Waals surface area (Å²) in [5.74, 6) is -0.211. The Balaban J connectivity index is 2.40. The van der Waals surface area contributed by atoms with Crippen LogP contribution in [0, 0.1) is 0 Å². The molecule has 0 spiro atoms. The van der Waals surface area contributed by atoms with Crippen molar-refractivity contribution in [2.75, 3.05) is 0 Å². The van der Waals surface area contributed by atoms with E-state index in [0.717, 1.165) is 15.6 Å². The Bertz CT molecular complexity index is 378. The topological polar surface area (TPSA) is 26.3 Å². The van der Waals surface area contributed by atoms with Crippen molar-refractivity contribution in [2.24, 2.45) is 0 Å². The SMILES string of the molecule is CC(C)=C(Br)CC(=O)OCc1ccccc1. The number of benzene rings is 1. The van der Waals surface area contributed by atoms with Crippen LogP contribution < -0.4 is 0 Å². The van der Waals surface area contributed by atoms with Gasteiger partial charge in [-0.05, 0) is 19.4 Å². The Hall–Kier alpha value is -1.09. The van der Waals surface area contributed by atoms with E-state index >= 15 is 0 Å². The highest BCUT2D eigenvalue weighted by Gasteiger charge is 2.06. The summed E-state index contributed by atoms with van der Waals surface area (Å²) in [7, 11) is 0. The van der Waals surface area contributed by atoms with Crippen molar-refractivity contribution < 1.29 is 9.53 Å². The molecule has 1 aromatic rings. The third-order valence-corrected chi connectivity index (χ3v) is 3.16. The van der Waals surface area contributed by atoms with Gasteiger partial charge in [-0.1, -0.05) is 51.8 Å². The zero-order valence-corrected chi connectivity index (χ0v) is 11.1. The van der Waals surface area contributed by atoms with Gasteiger partial charge in [-0.2, -0.15) is 0 Å². The van der Waals surface area contributed by atoms with E-state index in [1.54, 1.807) is 0 Å². The summed E-state index contributed by atoms with van der Waals surface area (Å²) in [6, 6.07) is 9.65. The normalized spacial score (nSPS) is 9.69. The van der Waals surface area contributed by atoms with Crippen LogP contribution >= 0.6 is 15.9 Å². The monoisotopic (exact) mass is 282 g/mol. The molecule has 0 unspecified atom stereocenters. The quantitative estimate of drug-likeness (QED) is 0.785. The molecule has 0 saturated carbocycles. The van der Waals surface area contributed by atoms with Gasteiger partial charge in [0.05, 0.1) is 6.42 Å². The number of allylic oxidation sites excluding steroid dienone is 1. The first-order chi connectivity index (χ1) is 7.59. The first kappa shape index (κ1) is 13.0. The summed E-state index contributed by atoms with van der Waals surface area (Å²) < 4.78 is 6.04. The van der Waals surface area contributed by atoms with Gasteiger partial charge in [-0.15, -0.1) is 0 Å². The molecule has 0 atom stereocenters. The second kappa shape index (κ2) is 6.48. The molecule has 0 aliphatic heterocycles. The summed E-state index contributed by atoms with van der Waals surface area (Å²) in [4.78, 5) is 11.4. The summed E-state index contributed by atoms with van der Waals surface area (Å²) in [5, 5.41) is 0. The van der Waals surface area contributed by atoms with E-state index in [1.807, 2.05) is 44.2 Å². The van der Waals surface area contributed by atoms with Gasteiger partial charge < -0.3 is 4.74 Å². The van der Waals surface area contributed by atoms with Crippen molar-refractivity contribution in [1.82, 2.24) is 0 Å². The number of ether oxygens (including phenoxy) is 1. The Morgan fingerprint density at radius 2 is 1.88 bits per heavy atom. The standard InChI is InChI=1S/C13H15BrO2/c1-10(2)12(14)8-13(15)16-9-11-6-4-3-5-7-11/h3-7H,8-9H2,1-2H3. The van der Waals surface area contributed by atoms with Crippen molar-refractivity contribution in [2.45, 2.75) is 26.9 Å². The van der Waals surface area contributed by atoms with Crippen molar-refractivity contribution in [3.8, 4) is 0 Å². The molecule has 0 heterocycles. The van der Waals surface area contributed by atoms with Gasteiger partial charge in [0.15, 0.2) is 0 Å². The van der Waals surface area contributed by atoms with E-state index in [2.05, 4.69) is 15.9 Å². The van der Waals surface area contributed by atoms with E-state index in [1.165, 1.54) is 0 Å². The lowest BCUT2D eigenvalue weighted by Crippen LogP contribution is -2.04. The van der Waals surface area contributed by atoms with Crippen LogP contribution in [-0.4, -0.2) is 5.97 Å². The fourth-order valence-corrected chi connectivity index (χ4v) is 1.32. The number of carbonyl (C=O) groups is 1. The van der Waals surface area contributed by atoms with Crippen molar-refractivity contribution in [3.05, 3.63) is 46.0 Å². The van der Waals surface area contributed by atoms with E-state index in [9.17, 15) is 4.79 Å². The van der Waals surface area contributed by atoms with Gasteiger partial charge in [-0.3, -0.25) is 4.79 Å². The largest absolute Gasteiger partial charge is 0.461 e. The highest BCUT2D eigenvalue weighted by atomic mass is 79.9. The van der Waals surface area contributed by atoms with Crippen molar-refractivity contribution in [1.29, 1.82) is 0 Å². The minimum atomic E-state index is -0.211. The average molecular weight is 283 g/mol. The van der Waals surface area contributed by atoms with E-state index in [4.69, 9.17) is 4.74 Å². The number of rotatable bonds is 4. The second-order valence-corrected chi connectivity index (χ2v) is 4.69. The molecule has 0 radical (unpaired) electrons. The zero-order valence-electron chi connectivity index (χ0n) is 9.50. The molecule has 0 aromatic heterocycles. The van der Waals surface area contributed by atoms with Crippen molar-refractivity contribution >= 4 is 21.9 Å². The summed E-state index contributed by atoms with van der Waals surface area (Å²) in [6.07, 6.45) is 0.301. The van der Waals surface area contributed by atoms with E-state index < -0.39 is 0 Å². The molecule has 3 heteroatoms. The molecule has 0 amide bonds. The highest BCUT2D eigenvalue weighted by Crippen LogP contribution is 2.16. The first-order valence-electron chi connectivity index (χ1n) is 5.11. The Morgan fingerprint density at radius 1 is 1.25 bits per heavy atom. The Morgan fingerprint density at radius 3 is 2.44 bits per heavy atom. The molecule has 0 aliphatic rings. The average Bonchev–Trinajstić information content (AvgIpc) is 2.27. The Labute approximate surface area is 104 Å². The summed E-state index contributed by atoms with van der Waals surface area (Å²) in [6.45, 7) is 4.24. The molecule has 0 fully saturated rings. The van der Waals surface area contributed by atoms with Crippen LogP contribution in [-0.2, 0) is 16.1 Å². The molecule has 86 valence electrons. The van der Waals surface area contributed by atoms with Gasteiger partial charge in [0, 0.05) is 4.48 Å². The van der Waals surface area contributed by atoms with Gasteiger partial charge >= 0.3 is 5.97 Å². The van der Waals surface area contributed by atoms with Crippen molar-refractivity contribution in [3.63, 3.8) is 0 Å². The predicted molar refractivity (Wildman–Crippen MR) is 68.2 cm³/mol. The number of hydrogen-bond donors (Lipinski definition) is 0. The summed E-state index contributed by atoms with van der Waals surface area (Å²) in [5.41, 5.74) is 2.10. The molecule has 1 rings (SSSR count). The van der Waals surface area contributed by atoms with E-state index in [-0.39, 0.29) is 5.97 Å². The first-order valence-corrected chi connectivity index (χ1v) is 5.90. The molecule has 16 heavy (non-hydrogen) atoms. The number of halogens is 1. The van der Waals surface area contributed by atoms with Crippen LogP contribution in [0.1, 0.15) is 25.8 Å². The van der Waals surface area contributed by atoms with Gasteiger partial charge in [0.1, 0.15) is 6.61 Å². The molecular weight excluding hydrogens is 268 g/mol. The van der Waals surface area contributed by atoms with Gasteiger partial charge in [0.25, 0.3) is 0 Å².